The van der Waals surface area contributed by atoms with E-state index >= 15 is 0 Å². The Labute approximate surface area is 153 Å². The van der Waals surface area contributed by atoms with E-state index in [1.807, 2.05) is 0 Å². The molecular formula is C18H21NO6S. The lowest BCUT2D eigenvalue weighted by Gasteiger charge is -2.21. The molecule has 140 valence electrons. The second kappa shape index (κ2) is 7.43. The summed E-state index contributed by atoms with van der Waals surface area (Å²) in [5.41, 5.74) is 0.784. The van der Waals surface area contributed by atoms with Gasteiger partial charge in [-0.2, -0.15) is 4.31 Å². The zero-order valence-electron chi connectivity index (χ0n) is 14.9. The summed E-state index contributed by atoms with van der Waals surface area (Å²) in [5, 5.41) is 0. The van der Waals surface area contributed by atoms with Gasteiger partial charge < -0.3 is 18.9 Å². The molecule has 0 saturated heterocycles. The zero-order valence-corrected chi connectivity index (χ0v) is 15.7. The van der Waals surface area contributed by atoms with Crippen LogP contribution in [-0.4, -0.2) is 47.2 Å². The molecule has 0 bridgehead atoms. The Morgan fingerprint density at radius 3 is 2.35 bits per heavy atom. The highest BCUT2D eigenvalue weighted by Gasteiger charge is 2.24. The summed E-state index contributed by atoms with van der Waals surface area (Å²) in [6.07, 6.45) is 0. The van der Waals surface area contributed by atoms with Crippen molar-refractivity contribution in [3.8, 4) is 23.0 Å². The monoisotopic (exact) mass is 379 g/mol. The molecule has 0 spiro atoms. The molecule has 0 aliphatic carbocycles. The third-order valence-electron chi connectivity index (χ3n) is 4.08. The van der Waals surface area contributed by atoms with Crippen LogP contribution in [0.25, 0.3) is 0 Å². The molecular weight excluding hydrogens is 358 g/mol. The van der Waals surface area contributed by atoms with E-state index in [4.69, 9.17) is 18.9 Å². The largest absolute Gasteiger partial charge is 0.493 e. The highest BCUT2D eigenvalue weighted by atomic mass is 32.2. The summed E-state index contributed by atoms with van der Waals surface area (Å²) in [7, 11) is 0.941. The maximum absolute atomic E-state index is 12.9. The van der Waals surface area contributed by atoms with E-state index in [-0.39, 0.29) is 11.4 Å². The molecule has 1 aliphatic heterocycles. The van der Waals surface area contributed by atoms with Crippen molar-refractivity contribution in [2.24, 2.45) is 0 Å². The van der Waals surface area contributed by atoms with E-state index in [2.05, 4.69) is 0 Å². The molecule has 26 heavy (non-hydrogen) atoms. The maximum Gasteiger partial charge on any atom is 0.243 e. The van der Waals surface area contributed by atoms with Crippen molar-refractivity contribution in [2.45, 2.75) is 11.4 Å². The molecule has 0 saturated carbocycles. The lowest BCUT2D eigenvalue weighted by atomic mass is 10.2. The smallest absolute Gasteiger partial charge is 0.243 e. The average Bonchev–Trinajstić information content (AvgIpc) is 2.67. The van der Waals surface area contributed by atoms with Crippen molar-refractivity contribution in [3.05, 3.63) is 42.0 Å². The van der Waals surface area contributed by atoms with E-state index in [0.717, 1.165) is 5.56 Å². The van der Waals surface area contributed by atoms with Crippen molar-refractivity contribution in [2.75, 3.05) is 34.5 Å². The number of hydrogen-bond donors (Lipinski definition) is 0. The second-order valence-corrected chi connectivity index (χ2v) is 7.80. The zero-order chi connectivity index (χ0) is 18.7. The third-order valence-corrected chi connectivity index (χ3v) is 5.87. The fraction of sp³-hybridized carbons (Fsp3) is 0.333. The summed E-state index contributed by atoms with van der Waals surface area (Å²) >= 11 is 0. The Morgan fingerprint density at radius 2 is 1.65 bits per heavy atom. The molecule has 3 rings (SSSR count). The van der Waals surface area contributed by atoms with Crippen LogP contribution in [-0.2, 0) is 16.6 Å². The second-order valence-electron chi connectivity index (χ2n) is 5.76. The first-order chi connectivity index (χ1) is 12.5. The van der Waals surface area contributed by atoms with Gasteiger partial charge in [0.1, 0.15) is 13.2 Å². The first kappa shape index (κ1) is 18.3. The molecule has 0 radical (unpaired) electrons. The lowest BCUT2D eigenvalue weighted by molar-refractivity contribution is 0.171. The standard InChI is InChI=1S/C18H21NO6S/c1-19(12-13-4-6-15(22-2)17(10-13)23-3)26(20,21)14-5-7-16-18(11-14)25-9-8-24-16/h4-7,10-11H,8-9,12H2,1-3H3. The highest BCUT2D eigenvalue weighted by Crippen LogP contribution is 2.33. The summed E-state index contributed by atoms with van der Waals surface area (Å²) in [6, 6.07) is 9.94. The molecule has 2 aromatic carbocycles. The highest BCUT2D eigenvalue weighted by molar-refractivity contribution is 7.89. The van der Waals surface area contributed by atoms with E-state index < -0.39 is 10.0 Å². The fourth-order valence-corrected chi connectivity index (χ4v) is 3.86. The summed E-state index contributed by atoms with van der Waals surface area (Å²) in [6.45, 7) is 1.05. The molecule has 0 aromatic heterocycles. The van der Waals surface area contributed by atoms with Gasteiger partial charge in [-0.25, -0.2) is 8.42 Å². The van der Waals surface area contributed by atoms with Crippen molar-refractivity contribution in [1.82, 2.24) is 4.31 Å². The van der Waals surface area contributed by atoms with Gasteiger partial charge in [0.15, 0.2) is 23.0 Å². The van der Waals surface area contributed by atoms with E-state index in [9.17, 15) is 8.42 Å². The molecule has 0 unspecified atom stereocenters. The number of fused-ring (bicyclic) bond motifs is 1. The molecule has 8 heteroatoms. The predicted octanol–water partition coefficient (Wildman–Crippen LogP) is 2.30. The number of sulfonamides is 1. The van der Waals surface area contributed by atoms with Crippen LogP contribution in [0.5, 0.6) is 23.0 Å². The number of ether oxygens (including phenoxy) is 4. The van der Waals surface area contributed by atoms with Crippen molar-refractivity contribution < 1.29 is 27.4 Å². The number of rotatable bonds is 6. The molecule has 0 amide bonds. The first-order valence-electron chi connectivity index (χ1n) is 8.02. The molecule has 1 aliphatic rings. The van der Waals surface area contributed by atoms with Gasteiger partial charge in [-0.3, -0.25) is 0 Å². The van der Waals surface area contributed by atoms with Crippen LogP contribution in [0.1, 0.15) is 5.56 Å². The predicted molar refractivity (Wildman–Crippen MR) is 95.6 cm³/mol. The molecule has 7 nitrogen and oxygen atoms in total. The van der Waals surface area contributed by atoms with Gasteiger partial charge in [0, 0.05) is 19.7 Å². The van der Waals surface area contributed by atoms with Gasteiger partial charge in [0.25, 0.3) is 0 Å². The fourth-order valence-electron chi connectivity index (χ4n) is 2.69. The minimum Gasteiger partial charge on any atom is -0.493 e. The first-order valence-corrected chi connectivity index (χ1v) is 9.46. The normalized spacial score (nSPS) is 13.5. The van der Waals surface area contributed by atoms with Crippen LogP contribution in [0.2, 0.25) is 0 Å². The van der Waals surface area contributed by atoms with Crippen LogP contribution in [0.4, 0.5) is 0 Å². The van der Waals surface area contributed by atoms with Gasteiger partial charge in [-0.1, -0.05) is 6.07 Å². The Morgan fingerprint density at radius 1 is 0.962 bits per heavy atom. The Bertz CT molecular complexity index is 897. The van der Waals surface area contributed by atoms with Crippen LogP contribution >= 0.6 is 0 Å². The van der Waals surface area contributed by atoms with Gasteiger partial charge >= 0.3 is 0 Å². The van der Waals surface area contributed by atoms with Gasteiger partial charge in [-0.15, -0.1) is 0 Å². The van der Waals surface area contributed by atoms with Crippen molar-refractivity contribution in [3.63, 3.8) is 0 Å². The van der Waals surface area contributed by atoms with E-state index in [1.54, 1.807) is 31.4 Å². The lowest BCUT2D eigenvalue weighted by Crippen LogP contribution is -2.26. The van der Waals surface area contributed by atoms with Gasteiger partial charge in [0.2, 0.25) is 10.0 Å². The number of hydrogen-bond acceptors (Lipinski definition) is 6. The van der Waals surface area contributed by atoms with Gasteiger partial charge in [-0.05, 0) is 29.8 Å². The summed E-state index contributed by atoms with van der Waals surface area (Å²) < 4.78 is 48.4. The van der Waals surface area contributed by atoms with Crippen LogP contribution in [0, 0.1) is 0 Å². The Hall–Kier alpha value is -2.45. The molecule has 1 heterocycles. The number of benzene rings is 2. The van der Waals surface area contributed by atoms with Crippen LogP contribution in [0.15, 0.2) is 41.3 Å². The molecule has 0 atom stereocenters. The average molecular weight is 379 g/mol. The van der Waals surface area contributed by atoms with Crippen molar-refractivity contribution >= 4 is 10.0 Å². The van der Waals surface area contributed by atoms with Crippen molar-refractivity contribution in [1.29, 1.82) is 0 Å². The Balaban J connectivity index is 1.83. The molecule has 0 N–H and O–H groups in total. The van der Waals surface area contributed by atoms with Gasteiger partial charge in [0.05, 0.1) is 19.1 Å². The van der Waals surface area contributed by atoms with E-state index in [0.29, 0.717) is 36.2 Å². The molecule has 0 fully saturated rings. The van der Waals surface area contributed by atoms with Crippen LogP contribution in [0.3, 0.4) is 0 Å². The third kappa shape index (κ3) is 3.56. The summed E-state index contributed by atoms with van der Waals surface area (Å²) in [5.74, 6) is 2.14. The minimum absolute atomic E-state index is 0.157. The maximum atomic E-state index is 12.9. The number of nitrogens with zero attached hydrogens (tertiary/aromatic N) is 1. The summed E-state index contributed by atoms with van der Waals surface area (Å²) in [4.78, 5) is 0.157. The number of methoxy groups -OCH3 is 2. The SMILES string of the molecule is COc1ccc(CN(C)S(=O)(=O)c2ccc3c(c2)OCCO3)cc1OC. The quantitative estimate of drug-likeness (QED) is 0.767. The Kier molecular flexibility index (Phi) is 5.24. The van der Waals surface area contributed by atoms with Crippen LogP contribution < -0.4 is 18.9 Å². The van der Waals surface area contributed by atoms with E-state index in [1.165, 1.54) is 30.6 Å². The molecule has 2 aromatic rings. The minimum atomic E-state index is -3.68. The topological polar surface area (TPSA) is 74.3 Å².